The van der Waals surface area contributed by atoms with Crippen LogP contribution in [0, 0.1) is 0 Å². The maximum atomic E-state index is 5.47. The smallest absolute Gasteiger partial charge is 0.226 e. The van der Waals surface area contributed by atoms with Crippen LogP contribution in [0.25, 0.3) is 11.5 Å². The Labute approximate surface area is 100 Å². The minimum atomic E-state index is 0.574. The third-order valence-corrected chi connectivity index (χ3v) is 2.34. The molecule has 0 amide bonds. The number of aromatic nitrogens is 1. The van der Waals surface area contributed by atoms with Crippen LogP contribution < -0.4 is 10.5 Å². The molecule has 4 nitrogen and oxygen atoms in total. The zero-order chi connectivity index (χ0) is 12.1. The lowest BCUT2D eigenvalue weighted by molar-refractivity contribution is 0.340. The summed E-state index contributed by atoms with van der Waals surface area (Å²) in [7, 11) is 0. The lowest BCUT2D eigenvalue weighted by Crippen LogP contribution is -2.02. The number of hydrogen-bond acceptors (Lipinski definition) is 4. The highest BCUT2D eigenvalue weighted by Gasteiger charge is 2.07. The quantitative estimate of drug-likeness (QED) is 0.858. The average molecular weight is 232 g/mol. The van der Waals surface area contributed by atoms with Gasteiger partial charge in [-0.2, -0.15) is 0 Å². The second-order valence-electron chi connectivity index (χ2n) is 3.64. The van der Waals surface area contributed by atoms with Gasteiger partial charge in [0.25, 0.3) is 0 Å². The van der Waals surface area contributed by atoms with Crippen LogP contribution >= 0.6 is 0 Å². The highest BCUT2D eigenvalue weighted by atomic mass is 16.5. The first-order valence-corrected chi connectivity index (χ1v) is 5.71. The molecule has 2 aromatic rings. The van der Waals surface area contributed by atoms with Crippen molar-refractivity contribution in [2.24, 2.45) is 5.73 Å². The second kappa shape index (κ2) is 5.50. The monoisotopic (exact) mass is 232 g/mol. The van der Waals surface area contributed by atoms with Crippen LogP contribution in [0.2, 0.25) is 0 Å². The van der Waals surface area contributed by atoms with E-state index in [0.717, 1.165) is 23.4 Å². The second-order valence-corrected chi connectivity index (χ2v) is 3.64. The molecule has 0 fully saturated rings. The maximum absolute atomic E-state index is 5.47. The van der Waals surface area contributed by atoms with Crippen molar-refractivity contribution in [3.8, 4) is 17.2 Å². The van der Waals surface area contributed by atoms with Crippen molar-refractivity contribution in [2.75, 3.05) is 13.2 Å². The highest BCUT2D eigenvalue weighted by Crippen LogP contribution is 2.23. The molecule has 0 spiro atoms. The maximum Gasteiger partial charge on any atom is 0.226 e. The molecule has 1 aromatic heterocycles. The molecule has 2 rings (SSSR count). The van der Waals surface area contributed by atoms with E-state index in [4.69, 9.17) is 14.9 Å². The van der Waals surface area contributed by atoms with E-state index in [1.54, 1.807) is 6.26 Å². The van der Waals surface area contributed by atoms with Crippen molar-refractivity contribution >= 4 is 0 Å². The fourth-order valence-corrected chi connectivity index (χ4v) is 1.59. The Balaban J connectivity index is 2.22. The Morgan fingerprint density at radius 3 is 3.06 bits per heavy atom. The van der Waals surface area contributed by atoms with Crippen LogP contribution in [0.5, 0.6) is 5.75 Å². The Hall–Kier alpha value is -1.81. The standard InChI is InChI=1S/C13H16N2O2/c1-2-16-12-5-3-4-10(8-12)13-15-11(6-7-14)9-17-13/h3-5,8-9H,2,6-7,14H2,1H3. The largest absolute Gasteiger partial charge is 0.494 e. The molecule has 1 aromatic carbocycles. The number of benzene rings is 1. The summed E-state index contributed by atoms with van der Waals surface area (Å²) in [5, 5.41) is 0. The van der Waals surface area contributed by atoms with E-state index < -0.39 is 0 Å². The molecule has 1 heterocycles. The molecule has 0 aliphatic rings. The lowest BCUT2D eigenvalue weighted by atomic mass is 10.2. The fraction of sp³-hybridized carbons (Fsp3) is 0.308. The first-order chi connectivity index (χ1) is 8.33. The van der Waals surface area contributed by atoms with Gasteiger partial charge in [0.1, 0.15) is 12.0 Å². The number of nitrogens with two attached hydrogens (primary N) is 1. The number of hydrogen-bond donors (Lipinski definition) is 1. The van der Waals surface area contributed by atoms with Crippen molar-refractivity contribution in [2.45, 2.75) is 13.3 Å². The van der Waals surface area contributed by atoms with E-state index in [9.17, 15) is 0 Å². The predicted octanol–water partition coefficient (Wildman–Crippen LogP) is 2.24. The first kappa shape index (κ1) is 11.7. The molecule has 0 saturated carbocycles. The molecule has 0 aliphatic heterocycles. The molecule has 0 unspecified atom stereocenters. The molecule has 2 N–H and O–H groups in total. The van der Waals surface area contributed by atoms with Gasteiger partial charge in [-0.25, -0.2) is 4.98 Å². The summed E-state index contributed by atoms with van der Waals surface area (Å²) < 4.78 is 10.8. The van der Waals surface area contributed by atoms with Gasteiger partial charge in [0.05, 0.1) is 12.3 Å². The van der Waals surface area contributed by atoms with Crippen LogP contribution in [0.1, 0.15) is 12.6 Å². The van der Waals surface area contributed by atoms with Crippen molar-refractivity contribution in [1.82, 2.24) is 4.98 Å². The number of oxazole rings is 1. The van der Waals surface area contributed by atoms with Gasteiger partial charge in [-0.05, 0) is 31.7 Å². The van der Waals surface area contributed by atoms with Gasteiger partial charge in [-0.1, -0.05) is 6.07 Å². The summed E-state index contributed by atoms with van der Waals surface area (Å²) >= 11 is 0. The zero-order valence-corrected chi connectivity index (χ0v) is 9.85. The van der Waals surface area contributed by atoms with Crippen molar-refractivity contribution in [3.63, 3.8) is 0 Å². The van der Waals surface area contributed by atoms with E-state index in [0.29, 0.717) is 19.0 Å². The molecule has 90 valence electrons. The lowest BCUT2D eigenvalue weighted by Gasteiger charge is -2.03. The van der Waals surface area contributed by atoms with Gasteiger partial charge in [0.15, 0.2) is 0 Å². The van der Waals surface area contributed by atoms with Gasteiger partial charge >= 0.3 is 0 Å². The first-order valence-electron chi connectivity index (χ1n) is 5.71. The number of nitrogens with zero attached hydrogens (tertiary/aromatic N) is 1. The van der Waals surface area contributed by atoms with Crippen LogP contribution in [0.15, 0.2) is 34.9 Å². The van der Waals surface area contributed by atoms with E-state index in [1.807, 2.05) is 31.2 Å². The molecule has 0 bridgehead atoms. The van der Waals surface area contributed by atoms with Crippen molar-refractivity contribution in [1.29, 1.82) is 0 Å². The van der Waals surface area contributed by atoms with Crippen LogP contribution in [0.3, 0.4) is 0 Å². The van der Waals surface area contributed by atoms with Gasteiger partial charge in [-0.15, -0.1) is 0 Å². The van der Waals surface area contributed by atoms with Crippen molar-refractivity contribution in [3.05, 3.63) is 36.2 Å². The van der Waals surface area contributed by atoms with E-state index in [-0.39, 0.29) is 0 Å². The predicted molar refractivity (Wildman–Crippen MR) is 65.9 cm³/mol. The molecular formula is C13H16N2O2. The number of ether oxygens (including phenoxy) is 1. The zero-order valence-electron chi connectivity index (χ0n) is 9.85. The van der Waals surface area contributed by atoms with Gasteiger partial charge in [0.2, 0.25) is 5.89 Å². The van der Waals surface area contributed by atoms with Crippen LogP contribution in [0.4, 0.5) is 0 Å². The highest BCUT2D eigenvalue weighted by molar-refractivity contribution is 5.56. The minimum Gasteiger partial charge on any atom is -0.494 e. The summed E-state index contributed by atoms with van der Waals surface area (Å²) in [6.07, 6.45) is 2.38. The summed E-state index contributed by atoms with van der Waals surface area (Å²) in [4.78, 5) is 4.37. The molecule has 4 heteroatoms. The summed E-state index contributed by atoms with van der Waals surface area (Å²) in [6.45, 7) is 3.18. The third-order valence-electron chi connectivity index (χ3n) is 2.34. The average Bonchev–Trinajstić information content (AvgIpc) is 2.79. The Kier molecular flexibility index (Phi) is 3.77. The van der Waals surface area contributed by atoms with Crippen LogP contribution in [-0.4, -0.2) is 18.1 Å². The molecule has 17 heavy (non-hydrogen) atoms. The van der Waals surface area contributed by atoms with Gasteiger partial charge < -0.3 is 14.9 Å². The molecule has 0 saturated heterocycles. The van der Waals surface area contributed by atoms with Crippen molar-refractivity contribution < 1.29 is 9.15 Å². The van der Waals surface area contributed by atoms with E-state index >= 15 is 0 Å². The Morgan fingerprint density at radius 1 is 1.41 bits per heavy atom. The normalized spacial score (nSPS) is 10.5. The van der Waals surface area contributed by atoms with Gasteiger partial charge in [0, 0.05) is 12.0 Å². The Bertz CT molecular complexity index is 480. The van der Waals surface area contributed by atoms with Gasteiger partial charge in [-0.3, -0.25) is 0 Å². The molecular weight excluding hydrogens is 216 g/mol. The topological polar surface area (TPSA) is 61.3 Å². The fourth-order valence-electron chi connectivity index (χ4n) is 1.59. The molecule has 0 aliphatic carbocycles. The third kappa shape index (κ3) is 2.85. The number of rotatable bonds is 5. The van der Waals surface area contributed by atoms with Crippen LogP contribution in [-0.2, 0) is 6.42 Å². The summed E-state index contributed by atoms with van der Waals surface area (Å²) in [5.41, 5.74) is 7.27. The SMILES string of the molecule is CCOc1cccc(-c2nc(CCN)co2)c1. The Morgan fingerprint density at radius 2 is 2.29 bits per heavy atom. The summed E-state index contributed by atoms with van der Waals surface area (Å²) in [6, 6.07) is 7.70. The molecule has 0 atom stereocenters. The minimum absolute atomic E-state index is 0.574. The summed E-state index contributed by atoms with van der Waals surface area (Å²) in [5.74, 6) is 1.43. The van der Waals surface area contributed by atoms with E-state index in [1.165, 1.54) is 0 Å². The van der Waals surface area contributed by atoms with E-state index in [2.05, 4.69) is 4.98 Å². The molecule has 0 radical (unpaired) electrons.